The number of fused-ring (bicyclic) bond motifs is 1. The molecule has 0 bridgehead atoms. The number of hydrogen-bond donors (Lipinski definition) is 2. The molecule has 0 saturated carbocycles. The molecule has 2 N–H and O–H groups in total. The van der Waals surface area contributed by atoms with Crippen LogP contribution in [0.2, 0.25) is 0 Å². The Bertz CT molecular complexity index is 927. The topological polar surface area (TPSA) is 64.9 Å². The highest BCUT2D eigenvalue weighted by Gasteiger charge is 2.30. The van der Waals surface area contributed by atoms with E-state index in [1.54, 1.807) is 18.3 Å². The average Bonchev–Trinajstić information content (AvgIpc) is 2.65. The third-order valence-corrected chi connectivity index (χ3v) is 4.96. The van der Waals surface area contributed by atoms with Gasteiger partial charge >= 0.3 is 0 Å². The van der Waals surface area contributed by atoms with E-state index in [-0.39, 0.29) is 17.2 Å². The molecule has 1 amide bonds. The number of hydrazone groups is 1. The van der Waals surface area contributed by atoms with Crippen LogP contribution in [0.1, 0.15) is 55.6 Å². The molecule has 0 spiro atoms. The summed E-state index contributed by atoms with van der Waals surface area (Å²) in [6.07, 6.45) is 5.04. The highest BCUT2D eigenvalue weighted by molar-refractivity contribution is 5.95. The maximum Gasteiger partial charge on any atom is 0.271 e. The zero-order valence-electron chi connectivity index (χ0n) is 16.9. The molecule has 3 rings (SSSR count). The van der Waals surface area contributed by atoms with Crippen LogP contribution < -0.4 is 10.3 Å². The number of allylic oxidation sites excluding steroid dienone is 1. The molecular formula is C23H27N3O2. The number of anilines is 1. The molecule has 146 valence electrons. The van der Waals surface area contributed by atoms with Crippen LogP contribution in [-0.2, 0) is 0 Å². The van der Waals surface area contributed by atoms with E-state index in [2.05, 4.69) is 61.3 Å². The summed E-state index contributed by atoms with van der Waals surface area (Å²) >= 11 is 0. The van der Waals surface area contributed by atoms with Crippen molar-refractivity contribution in [3.63, 3.8) is 0 Å². The maximum atomic E-state index is 12.1. The Morgan fingerprint density at radius 3 is 2.61 bits per heavy atom. The molecule has 5 heteroatoms. The Hall–Kier alpha value is -3.08. The molecule has 0 fully saturated rings. The van der Waals surface area contributed by atoms with Crippen molar-refractivity contribution in [2.24, 2.45) is 5.10 Å². The second-order valence-electron chi connectivity index (χ2n) is 7.66. The molecule has 5 nitrogen and oxygen atoms in total. The minimum atomic E-state index is -0.318. The number of benzene rings is 2. The summed E-state index contributed by atoms with van der Waals surface area (Å²) < 4.78 is 0. The molecule has 0 saturated heterocycles. The van der Waals surface area contributed by atoms with Crippen LogP contribution in [0.5, 0.6) is 5.75 Å². The molecule has 0 aromatic heterocycles. The van der Waals surface area contributed by atoms with Crippen LogP contribution in [0.3, 0.4) is 0 Å². The fourth-order valence-electron chi connectivity index (χ4n) is 3.66. The first kappa shape index (κ1) is 19.7. The van der Waals surface area contributed by atoms with Crippen molar-refractivity contribution in [2.75, 3.05) is 11.4 Å². The van der Waals surface area contributed by atoms with Crippen molar-refractivity contribution >= 4 is 23.4 Å². The lowest BCUT2D eigenvalue weighted by molar-refractivity contribution is 0.0955. The van der Waals surface area contributed by atoms with Gasteiger partial charge in [-0.2, -0.15) is 5.10 Å². The van der Waals surface area contributed by atoms with Gasteiger partial charge in [-0.3, -0.25) is 4.79 Å². The summed E-state index contributed by atoms with van der Waals surface area (Å²) in [5, 5.41) is 13.4. The zero-order valence-corrected chi connectivity index (χ0v) is 16.9. The summed E-state index contributed by atoms with van der Waals surface area (Å²) in [6.45, 7) is 9.81. The number of carbonyl (C=O) groups excluding carboxylic acids is 1. The Morgan fingerprint density at radius 2 is 1.93 bits per heavy atom. The number of hydrogen-bond acceptors (Lipinski definition) is 4. The molecule has 0 radical (unpaired) electrons. The summed E-state index contributed by atoms with van der Waals surface area (Å²) in [6, 6.07) is 12.3. The number of phenols is 1. The molecule has 1 aliphatic rings. The first-order chi connectivity index (χ1) is 13.3. The fourth-order valence-corrected chi connectivity index (χ4v) is 3.66. The normalized spacial score (nSPS) is 15.3. The molecule has 0 unspecified atom stereocenters. The average molecular weight is 377 g/mol. The van der Waals surface area contributed by atoms with Crippen molar-refractivity contribution in [3.8, 4) is 5.75 Å². The van der Waals surface area contributed by atoms with Gasteiger partial charge in [0, 0.05) is 23.4 Å². The van der Waals surface area contributed by atoms with Crippen molar-refractivity contribution in [2.45, 2.75) is 39.7 Å². The van der Waals surface area contributed by atoms with Gasteiger partial charge in [-0.15, -0.1) is 0 Å². The molecule has 28 heavy (non-hydrogen) atoms. The Kier molecular flexibility index (Phi) is 5.54. The predicted octanol–water partition coefficient (Wildman–Crippen LogP) is 4.57. The summed E-state index contributed by atoms with van der Waals surface area (Å²) in [4.78, 5) is 14.5. The lowest BCUT2D eigenvalue weighted by Gasteiger charge is -2.43. The predicted molar refractivity (Wildman–Crippen MR) is 115 cm³/mol. The van der Waals surface area contributed by atoms with Crippen LogP contribution in [0.4, 0.5) is 5.69 Å². The van der Waals surface area contributed by atoms with E-state index in [0.717, 1.165) is 18.5 Å². The van der Waals surface area contributed by atoms with Gasteiger partial charge in [-0.1, -0.05) is 19.1 Å². The van der Waals surface area contributed by atoms with E-state index in [9.17, 15) is 9.90 Å². The third kappa shape index (κ3) is 4.09. The van der Waals surface area contributed by atoms with Gasteiger partial charge in [0.05, 0.1) is 11.8 Å². The third-order valence-electron chi connectivity index (χ3n) is 4.96. The summed E-state index contributed by atoms with van der Waals surface area (Å²) in [5.74, 6) is -0.195. The Morgan fingerprint density at radius 1 is 1.21 bits per heavy atom. The van der Waals surface area contributed by atoms with Crippen molar-refractivity contribution in [3.05, 3.63) is 65.2 Å². The summed E-state index contributed by atoms with van der Waals surface area (Å²) in [7, 11) is 0. The van der Waals surface area contributed by atoms with Gasteiger partial charge in [0.15, 0.2) is 0 Å². The SMILES string of the molecule is CCCN1c2ccc(/C=N\NC(=O)c3ccc(O)cc3)cc2C(C)=CC1(C)C. The Balaban J connectivity index is 1.78. The zero-order chi connectivity index (χ0) is 20.3. The maximum absolute atomic E-state index is 12.1. The van der Waals surface area contributed by atoms with Crippen LogP contribution in [0, 0.1) is 0 Å². The minimum absolute atomic E-state index is 0.0131. The van der Waals surface area contributed by atoms with Gasteiger partial charge in [0.2, 0.25) is 0 Å². The molecule has 1 heterocycles. The lowest BCUT2D eigenvalue weighted by Crippen LogP contribution is -2.45. The van der Waals surface area contributed by atoms with Crippen molar-refractivity contribution in [1.82, 2.24) is 5.43 Å². The lowest BCUT2D eigenvalue weighted by atomic mass is 9.88. The van der Waals surface area contributed by atoms with Crippen LogP contribution in [0.15, 0.2) is 53.6 Å². The van der Waals surface area contributed by atoms with Crippen LogP contribution >= 0.6 is 0 Å². The van der Waals surface area contributed by atoms with Crippen LogP contribution in [-0.4, -0.2) is 29.3 Å². The van der Waals surface area contributed by atoms with Gasteiger partial charge < -0.3 is 10.0 Å². The van der Waals surface area contributed by atoms with Crippen molar-refractivity contribution < 1.29 is 9.90 Å². The second kappa shape index (κ2) is 7.89. The number of nitrogens with one attached hydrogen (secondary N) is 1. The van der Waals surface area contributed by atoms with Gasteiger partial charge in [0.1, 0.15) is 5.75 Å². The number of rotatable bonds is 5. The number of carbonyl (C=O) groups is 1. The second-order valence-corrected chi connectivity index (χ2v) is 7.66. The molecule has 2 aromatic carbocycles. The number of phenolic OH excluding ortho intramolecular Hbond substituents is 1. The molecular weight excluding hydrogens is 350 g/mol. The number of nitrogens with zero attached hydrogens (tertiary/aromatic N) is 2. The standard InChI is InChI=1S/C23H27N3O2/c1-5-12-26-21-11-6-17(13-20(21)16(2)14-23(26,3)4)15-24-25-22(28)18-7-9-19(27)10-8-18/h6-11,13-15,27H,5,12H2,1-4H3,(H,25,28)/b24-15-. The fraction of sp³-hybridized carbons (Fsp3) is 0.304. The minimum Gasteiger partial charge on any atom is -0.508 e. The van der Waals surface area contributed by atoms with E-state index in [1.807, 2.05) is 6.07 Å². The van der Waals surface area contributed by atoms with E-state index < -0.39 is 0 Å². The Labute approximate surface area is 166 Å². The van der Waals surface area contributed by atoms with E-state index >= 15 is 0 Å². The largest absolute Gasteiger partial charge is 0.508 e. The monoisotopic (exact) mass is 377 g/mol. The van der Waals surface area contributed by atoms with Gasteiger partial charge in [-0.25, -0.2) is 5.43 Å². The van der Waals surface area contributed by atoms with Crippen molar-refractivity contribution in [1.29, 1.82) is 0 Å². The highest BCUT2D eigenvalue weighted by Crippen LogP contribution is 2.39. The van der Waals surface area contributed by atoms with Crippen LogP contribution in [0.25, 0.3) is 5.57 Å². The highest BCUT2D eigenvalue weighted by atomic mass is 16.3. The quantitative estimate of drug-likeness (QED) is 0.593. The van der Waals surface area contributed by atoms with E-state index in [1.165, 1.54) is 29.0 Å². The van der Waals surface area contributed by atoms with Gasteiger partial charge in [0.25, 0.3) is 5.91 Å². The first-order valence-corrected chi connectivity index (χ1v) is 9.56. The molecule has 2 aromatic rings. The smallest absolute Gasteiger partial charge is 0.271 e. The summed E-state index contributed by atoms with van der Waals surface area (Å²) in [5.41, 5.74) is 7.55. The first-order valence-electron chi connectivity index (χ1n) is 9.56. The molecule has 0 atom stereocenters. The number of aromatic hydroxyl groups is 1. The molecule has 1 aliphatic heterocycles. The van der Waals surface area contributed by atoms with E-state index in [0.29, 0.717) is 5.56 Å². The number of amides is 1. The molecule has 0 aliphatic carbocycles. The van der Waals surface area contributed by atoms with E-state index in [4.69, 9.17) is 0 Å². The van der Waals surface area contributed by atoms with Gasteiger partial charge in [-0.05, 0) is 74.7 Å².